The summed E-state index contributed by atoms with van der Waals surface area (Å²) in [5.74, 6) is 0.265. The lowest BCUT2D eigenvalue weighted by Crippen LogP contribution is -2.33. The molecular formula is C16H17N5O. The second-order valence-corrected chi connectivity index (χ2v) is 5.42. The summed E-state index contributed by atoms with van der Waals surface area (Å²) in [6, 6.07) is 9.72. The number of aromatic nitrogens is 2. The van der Waals surface area contributed by atoms with Crippen LogP contribution < -0.4 is 5.32 Å². The van der Waals surface area contributed by atoms with Crippen molar-refractivity contribution in [3.8, 4) is 11.9 Å². The number of carbonyl (C=O) groups excluding carboxylic acids is 1. The van der Waals surface area contributed by atoms with Crippen LogP contribution in [0.1, 0.15) is 13.3 Å². The summed E-state index contributed by atoms with van der Waals surface area (Å²) in [6.45, 7) is 2.54. The fourth-order valence-electron chi connectivity index (χ4n) is 2.78. The maximum Gasteiger partial charge on any atom is 0.230 e. The lowest BCUT2D eigenvalue weighted by Gasteiger charge is -2.18. The van der Waals surface area contributed by atoms with Crippen molar-refractivity contribution >= 4 is 11.7 Å². The highest BCUT2D eigenvalue weighted by Crippen LogP contribution is 2.24. The summed E-state index contributed by atoms with van der Waals surface area (Å²) in [4.78, 5) is 18.2. The number of nitrogens with zero attached hydrogens (tertiary/aromatic N) is 4. The van der Waals surface area contributed by atoms with Crippen LogP contribution in [0.25, 0.3) is 5.69 Å². The van der Waals surface area contributed by atoms with Gasteiger partial charge < -0.3 is 14.8 Å². The molecule has 112 valence electrons. The zero-order valence-corrected chi connectivity index (χ0v) is 12.3. The minimum absolute atomic E-state index is 0.0683. The molecule has 2 unspecified atom stereocenters. The number of anilines is 1. The summed E-state index contributed by atoms with van der Waals surface area (Å²) in [5.41, 5.74) is 0.986. The van der Waals surface area contributed by atoms with Gasteiger partial charge in [-0.1, -0.05) is 18.2 Å². The molecule has 6 heteroatoms. The molecule has 3 rings (SSSR count). The van der Waals surface area contributed by atoms with Gasteiger partial charge >= 0.3 is 0 Å². The van der Waals surface area contributed by atoms with E-state index in [4.69, 9.17) is 5.26 Å². The second kappa shape index (κ2) is 5.90. The van der Waals surface area contributed by atoms with Crippen LogP contribution in [0.2, 0.25) is 0 Å². The molecule has 0 saturated carbocycles. The maximum atomic E-state index is 12.3. The van der Waals surface area contributed by atoms with E-state index in [1.54, 1.807) is 17.4 Å². The Bertz CT molecular complexity index is 703. The monoisotopic (exact) mass is 295 g/mol. The van der Waals surface area contributed by atoms with Crippen molar-refractivity contribution in [1.82, 2.24) is 14.5 Å². The number of hydrogen-bond donors (Lipinski definition) is 1. The minimum atomic E-state index is -0.179. The van der Waals surface area contributed by atoms with Gasteiger partial charge in [0.1, 0.15) is 6.33 Å². The molecule has 2 atom stereocenters. The first kappa shape index (κ1) is 14.1. The number of nitrogens with one attached hydrogen (secondary N) is 1. The first-order valence-corrected chi connectivity index (χ1v) is 7.25. The van der Waals surface area contributed by atoms with Crippen LogP contribution in [0.5, 0.6) is 0 Å². The summed E-state index contributed by atoms with van der Waals surface area (Å²) in [7, 11) is 0. The fraction of sp³-hybridized carbons (Fsp3) is 0.312. The van der Waals surface area contributed by atoms with Crippen LogP contribution in [-0.4, -0.2) is 32.9 Å². The van der Waals surface area contributed by atoms with Crippen molar-refractivity contribution in [2.24, 2.45) is 5.92 Å². The van der Waals surface area contributed by atoms with E-state index in [1.165, 1.54) is 0 Å². The van der Waals surface area contributed by atoms with Crippen LogP contribution in [0, 0.1) is 17.4 Å². The van der Waals surface area contributed by atoms with E-state index in [9.17, 15) is 4.79 Å². The van der Waals surface area contributed by atoms with Crippen LogP contribution >= 0.6 is 0 Å². The van der Waals surface area contributed by atoms with Crippen LogP contribution in [0.15, 0.2) is 42.9 Å². The lowest BCUT2D eigenvalue weighted by atomic mass is 10.0. The topological polar surface area (TPSA) is 74.0 Å². The van der Waals surface area contributed by atoms with Gasteiger partial charge in [-0.05, 0) is 25.5 Å². The van der Waals surface area contributed by atoms with E-state index in [2.05, 4.69) is 16.5 Å². The zero-order valence-electron chi connectivity index (χ0n) is 12.3. The minimum Gasteiger partial charge on any atom is -0.309 e. The molecule has 1 saturated heterocycles. The van der Waals surface area contributed by atoms with Gasteiger partial charge in [0.15, 0.2) is 12.0 Å². The molecule has 1 N–H and O–H groups in total. The molecule has 0 bridgehead atoms. The van der Waals surface area contributed by atoms with E-state index in [0.717, 1.165) is 5.69 Å². The number of imidazole rings is 1. The Kier molecular flexibility index (Phi) is 3.79. The zero-order chi connectivity index (χ0) is 15.5. The number of likely N-dealkylation sites (tertiary alicyclic amines) is 1. The van der Waals surface area contributed by atoms with Gasteiger partial charge in [0.25, 0.3) is 0 Å². The number of para-hydroxylation sites is 1. The van der Waals surface area contributed by atoms with Crippen molar-refractivity contribution < 1.29 is 4.79 Å². The Labute approximate surface area is 129 Å². The maximum absolute atomic E-state index is 12.3. The second-order valence-electron chi connectivity index (χ2n) is 5.42. The van der Waals surface area contributed by atoms with Crippen LogP contribution in [0.3, 0.4) is 0 Å². The Hall–Kier alpha value is -2.81. The molecule has 1 aromatic carbocycles. The third-order valence-electron chi connectivity index (χ3n) is 4.11. The van der Waals surface area contributed by atoms with Crippen molar-refractivity contribution in [2.75, 3.05) is 11.9 Å². The molecule has 1 aliphatic rings. The van der Waals surface area contributed by atoms with Gasteiger partial charge in [-0.3, -0.25) is 4.79 Å². The lowest BCUT2D eigenvalue weighted by molar-refractivity contribution is -0.120. The van der Waals surface area contributed by atoms with Crippen molar-refractivity contribution in [3.63, 3.8) is 0 Å². The third kappa shape index (κ3) is 2.66. The molecule has 2 aromatic rings. The fourth-order valence-corrected chi connectivity index (χ4v) is 2.78. The van der Waals surface area contributed by atoms with E-state index in [0.29, 0.717) is 18.8 Å². The highest BCUT2D eigenvalue weighted by molar-refractivity contribution is 5.92. The van der Waals surface area contributed by atoms with Gasteiger partial charge in [0.2, 0.25) is 5.91 Å². The molecule has 6 nitrogen and oxygen atoms in total. The average Bonchev–Trinajstić information content (AvgIpc) is 3.14. The molecule has 0 aliphatic carbocycles. The van der Waals surface area contributed by atoms with Gasteiger partial charge in [0.05, 0.1) is 12.1 Å². The van der Waals surface area contributed by atoms with E-state index in [1.807, 2.05) is 41.8 Å². The highest BCUT2D eigenvalue weighted by atomic mass is 16.2. The van der Waals surface area contributed by atoms with Gasteiger partial charge in [0, 0.05) is 18.3 Å². The largest absolute Gasteiger partial charge is 0.309 e. The summed E-state index contributed by atoms with van der Waals surface area (Å²) in [5, 5.41) is 11.8. The van der Waals surface area contributed by atoms with Crippen LogP contribution in [0.4, 0.5) is 5.82 Å². The van der Waals surface area contributed by atoms with E-state index < -0.39 is 0 Å². The Balaban J connectivity index is 1.68. The highest BCUT2D eigenvalue weighted by Gasteiger charge is 2.35. The summed E-state index contributed by atoms with van der Waals surface area (Å²) >= 11 is 0. The number of benzene rings is 1. The SMILES string of the molecule is CC1C(C(=O)Nc2cn(-c3ccccc3)cn2)CCN1C#N. The van der Waals surface area contributed by atoms with Gasteiger partial charge in [-0.25, -0.2) is 4.98 Å². The summed E-state index contributed by atoms with van der Waals surface area (Å²) < 4.78 is 1.86. The first-order valence-electron chi connectivity index (χ1n) is 7.25. The van der Waals surface area contributed by atoms with Crippen molar-refractivity contribution in [3.05, 3.63) is 42.9 Å². The van der Waals surface area contributed by atoms with E-state index in [-0.39, 0.29) is 17.9 Å². The quantitative estimate of drug-likeness (QED) is 0.879. The molecule has 1 amide bonds. The number of amides is 1. The standard InChI is InChI=1S/C16H17N5O/c1-12-14(7-8-20(12)10-17)16(22)19-15-9-21(11-18-15)13-5-3-2-4-6-13/h2-6,9,11-12,14H,7-8H2,1H3,(H,19,22). The number of hydrogen-bond acceptors (Lipinski definition) is 4. The number of rotatable bonds is 3. The molecular weight excluding hydrogens is 278 g/mol. The molecule has 0 spiro atoms. The predicted molar refractivity (Wildman–Crippen MR) is 82.1 cm³/mol. The summed E-state index contributed by atoms with van der Waals surface area (Å²) in [6.07, 6.45) is 6.27. The van der Waals surface area contributed by atoms with Crippen molar-refractivity contribution in [2.45, 2.75) is 19.4 Å². The normalized spacial score (nSPS) is 20.6. The molecule has 0 radical (unpaired) electrons. The molecule has 22 heavy (non-hydrogen) atoms. The first-order chi connectivity index (χ1) is 10.7. The Morgan fingerprint density at radius 3 is 2.86 bits per heavy atom. The number of carbonyl (C=O) groups is 1. The van der Waals surface area contributed by atoms with Gasteiger partial charge in [-0.2, -0.15) is 5.26 Å². The average molecular weight is 295 g/mol. The van der Waals surface area contributed by atoms with E-state index >= 15 is 0 Å². The smallest absolute Gasteiger partial charge is 0.230 e. The number of nitriles is 1. The molecule has 1 fully saturated rings. The molecule has 1 aliphatic heterocycles. The predicted octanol–water partition coefficient (Wildman–Crippen LogP) is 2.00. The molecule has 1 aromatic heterocycles. The van der Waals surface area contributed by atoms with Crippen molar-refractivity contribution in [1.29, 1.82) is 5.26 Å². The Morgan fingerprint density at radius 2 is 2.18 bits per heavy atom. The van der Waals surface area contributed by atoms with Gasteiger partial charge in [-0.15, -0.1) is 0 Å². The van der Waals surface area contributed by atoms with Crippen LogP contribution in [-0.2, 0) is 4.79 Å². The molecule has 2 heterocycles. The third-order valence-corrected chi connectivity index (χ3v) is 4.11. The Morgan fingerprint density at radius 1 is 1.41 bits per heavy atom.